The number of nitrogens with zero attached hydrogens (tertiary/aromatic N) is 1. The maximum Gasteiger partial charge on any atom is 0.244 e. The molecule has 0 saturated carbocycles. The zero-order valence-corrected chi connectivity index (χ0v) is 12.0. The van der Waals surface area contributed by atoms with Crippen LogP contribution >= 0.6 is 0 Å². The smallest absolute Gasteiger partial charge is 0.244 e. The highest BCUT2D eigenvalue weighted by molar-refractivity contribution is 7.89. The van der Waals surface area contributed by atoms with E-state index in [-0.39, 0.29) is 4.90 Å². The van der Waals surface area contributed by atoms with E-state index in [1.54, 1.807) is 25.4 Å². The first-order valence-electron chi connectivity index (χ1n) is 6.21. The van der Waals surface area contributed by atoms with Crippen molar-refractivity contribution in [3.63, 3.8) is 0 Å². The molecule has 1 aliphatic heterocycles. The van der Waals surface area contributed by atoms with Gasteiger partial charge >= 0.3 is 0 Å². The van der Waals surface area contributed by atoms with Gasteiger partial charge in [0.25, 0.3) is 0 Å². The molecule has 2 N–H and O–H groups in total. The van der Waals surface area contributed by atoms with Gasteiger partial charge in [-0.25, -0.2) is 18.1 Å². The standard InChI is InChI=1S/C12H19N3O3S/c1-12(5-8-18-9-6-12)15-19(16,17)10-4-3-7-14-11(10)13-2/h3-4,7,15H,5-6,8-9H2,1-2H3,(H,13,14). The van der Waals surface area contributed by atoms with Gasteiger partial charge in [0, 0.05) is 32.0 Å². The van der Waals surface area contributed by atoms with Gasteiger partial charge in [0.05, 0.1) is 0 Å². The Bertz CT molecular complexity index is 539. The summed E-state index contributed by atoms with van der Waals surface area (Å²) < 4.78 is 33.0. The molecule has 0 aromatic carbocycles. The lowest BCUT2D eigenvalue weighted by Gasteiger charge is -2.34. The first kappa shape index (κ1) is 14.2. The number of pyridine rings is 1. The Kier molecular flexibility index (Phi) is 4.07. The van der Waals surface area contributed by atoms with Crippen molar-refractivity contribution in [3.8, 4) is 0 Å². The molecule has 0 bridgehead atoms. The van der Waals surface area contributed by atoms with Gasteiger partial charge in [-0.05, 0) is 31.9 Å². The molecular formula is C12H19N3O3S. The number of hydrogen-bond acceptors (Lipinski definition) is 5. The van der Waals surface area contributed by atoms with E-state index in [2.05, 4.69) is 15.0 Å². The maximum atomic E-state index is 12.5. The second-order valence-electron chi connectivity index (χ2n) is 4.88. The van der Waals surface area contributed by atoms with Gasteiger partial charge in [0.2, 0.25) is 10.0 Å². The van der Waals surface area contributed by atoms with Crippen LogP contribution in [0.4, 0.5) is 5.82 Å². The van der Waals surface area contributed by atoms with Crippen LogP contribution in [-0.4, -0.2) is 39.2 Å². The first-order chi connectivity index (χ1) is 8.97. The summed E-state index contributed by atoms with van der Waals surface area (Å²) in [6.45, 7) is 3.05. The molecule has 1 aromatic heterocycles. The van der Waals surface area contributed by atoms with Crippen molar-refractivity contribution in [2.75, 3.05) is 25.6 Å². The second kappa shape index (κ2) is 5.44. The van der Waals surface area contributed by atoms with Crippen molar-refractivity contribution in [3.05, 3.63) is 18.3 Å². The van der Waals surface area contributed by atoms with E-state index in [1.165, 1.54) is 0 Å². The Labute approximate surface area is 113 Å². The van der Waals surface area contributed by atoms with Crippen LogP contribution in [0.3, 0.4) is 0 Å². The number of hydrogen-bond donors (Lipinski definition) is 2. The van der Waals surface area contributed by atoms with E-state index >= 15 is 0 Å². The molecule has 1 fully saturated rings. The van der Waals surface area contributed by atoms with Crippen molar-refractivity contribution in [1.29, 1.82) is 0 Å². The fourth-order valence-corrected chi connectivity index (χ4v) is 3.73. The monoisotopic (exact) mass is 285 g/mol. The van der Waals surface area contributed by atoms with E-state index in [1.807, 2.05) is 6.92 Å². The van der Waals surface area contributed by atoms with Crippen LogP contribution in [0.25, 0.3) is 0 Å². The highest BCUT2D eigenvalue weighted by atomic mass is 32.2. The predicted octanol–water partition coefficient (Wildman–Crippen LogP) is 0.971. The lowest BCUT2D eigenvalue weighted by molar-refractivity contribution is 0.0537. The molecule has 1 saturated heterocycles. The SMILES string of the molecule is CNc1ncccc1S(=O)(=O)NC1(C)CCOCC1. The van der Waals surface area contributed by atoms with Gasteiger partial charge < -0.3 is 10.1 Å². The van der Waals surface area contributed by atoms with Crippen LogP contribution in [0.2, 0.25) is 0 Å². The van der Waals surface area contributed by atoms with E-state index in [4.69, 9.17) is 4.74 Å². The number of aromatic nitrogens is 1. The van der Waals surface area contributed by atoms with Gasteiger partial charge in [-0.2, -0.15) is 0 Å². The maximum absolute atomic E-state index is 12.5. The van der Waals surface area contributed by atoms with Gasteiger partial charge in [-0.3, -0.25) is 0 Å². The number of anilines is 1. The molecule has 1 aliphatic rings. The van der Waals surface area contributed by atoms with Crippen molar-refractivity contribution >= 4 is 15.8 Å². The summed E-state index contributed by atoms with van der Waals surface area (Å²) in [5, 5.41) is 2.80. The number of nitrogens with one attached hydrogen (secondary N) is 2. The third kappa shape index (κ3) is 3.23. The molecule has 0 amide bonds. The van der Waals surface area contributed by atoms with Gasteiger partial charge in [-0.15, -0.1) is 0 Å². The summed E-state index contributed by atoms with van der Waals surface area (Å²) in [7, 11) is -1.94. The Morgan fingerprint density at radius 2 is 2.05 bits per heavy atom. The number of sulfonamides is 1. The third-order valence-electron chi connectivity index (χ3n) is 3.27. The molecule has 19 heavy (non-hydrogen) atoms. The summed E-state index contributed by atoms with van der Waals surface area (Å²) in [5.74, 6) is 0.352. The van der Waals surface area contributed by atoms with Crippen LogP contribution in [0.15, 0.2) is 23.2 Å². The average molecular weight is 285 g/mol. The normalized spacial score (nSPS) is 19.1. The minimum absolute atomic E-state index is 0.171. The van der Waals surface area contributed by atoms with Crippen LogP contribution in [0.1, 0.15) is 19.8 Å². The molecule has 0 spiro atoms. The van der Waals surface area contributed by atoms with Gasteiger partial charge in [0.1, 0.15) is 10.7 Å². The van der Waals surface area contributed by atoms with Crippen molar-refractivity contribution in [1.82, 2.24) is 9.71 Å². The van der Waals surface area contributed by atoms with E-state index in [0.717, 1.165) is 0 Å². The van der Waals surface area contributed by atoms with Crippen molar-refractivity contribution < 1.29 is 13.2 Å². The zero-order valence-electron chi connectivity index (χ0n) is 11.1. The molecule has 2 heterocycles. The van der Waals surface area contributed by atoms with E-state index in [0.29, 0.717) is 31.9 Å². The summed E-state index contributed by atoms with van der Waals surface area (Å²) in [6, 6.07) is 3.16. The van der Waals surface area contributed by atoms with Gasteiger partial charge in [0.15, 0.2) is 0 Å². The fraction of sp³-hybridized carbons (Fsp3) is 0.583. The van der Waals surface area contributed by atoms with Crippen molar-refractivity contribution in [2.45, 2.75) is 30.2 Å². The molecular weight excluding hydrogens is 266 g/mol. The summed E-state index contributed by atoms with van der Waals surface area (Å²) in [6.07, 6.45) is 2.89. The Balaban J connectivity index is 2.27. The molecule has 7 heteroatoms. The second-order valence-corrected chi connectivity index (χ2v) is 6.53. The Hall–Kier alpha value is -1.18. The first-order valence-corrected chi connectivity index (χ1v) is 7.70. The van der Waals surface area contributed by atoms with E-state index < -0.39 is 15.6 Å². The quantitative estimate of drug-likeness (QED) is 0.861. The Morgan fingerprint density at radius 3 is 2.68 bits per heavy atom. The van der Waals surface area contributed by atoms with E-state index in [9.17, 15) is 8.42 Å². The molecule has 0 radical (unpaired) electrons. The lowest BCUT2D eigenvalue weighted by atomic mass is 9.94. The lowest BCUT2D eigenvalue weighted by Crippen LogP contribution is -2.49. The molecule has 106 valence electrons. The number of ether oxygens (including phenoxy) is 1. The topological polar surface area (TPSA) is 80.3 Å². The van der Waals surface area contributed by atoms with Crippen LogP contribution in [0.5, 0.6) is 0 Å². The zero-order chi connectivity index (χ0) is 13.9. The van der Waals surface area contributed by atoms with Crippen LogP contribution in [0, 0.1) is 0 Å². The summed E-state index contributed by atoms with van der Waals surface area (Å²) in [5.41, 5.74) is -0.460. The molecule has 1 aromatic rings. The minimum Gasteiger partial charge on any atom is -0.381 e. The van der Waals surface area contributed by atoms with Crippen LogP contribution in [-0.2, 0) is 14.8 Å². The Morgan fingerprint density at radius 1 is 1.37 bits per heavy atom. The van der Waals surface area contributed by atoms with Crippen molar-refractivity contribution in [2.24, 2.45) is 0 Å². The fourth-order valence-electron chi connectivity index (χ4n) is 2.10. The molecule has 0 unspecified atom stereocenters. The minimum atomic E-state index is -3.59. The summed E-state index contributed by atoms with van der Waals surface area (Å²) >= 11 is 0. The average Bonchev–Trinajstić information content (AvgIpc) is 2.38. The third-order valence-corrected chi connectivity index (χ3v) is 4.94. The highest BCUT2D eigenvalue weighted by Gasteiger charge is 2.33. The highest BCUT2D eigenvalue weighted by Crippen LogP contribution is 2.25. The largest absolute Gasteiger partial charge is 0.381 e. The van der Waals surface area contributed by atoms with Crippen LogP contribution < -0.4 is 10.0 Å². The molecule has 0 aliphatic carbocycles. The van der Waals surface area contributed by atoms with Gasteiger partial charge in [-0.1, -0.05) is 0 Å². The number of rotatable bonds is 4. The molecule has 6 nitrogen and oxygen atoms in total. The molecule has 2 rings (SSSR count). The predicted molar refractivity (Wildman–Crippen MR) is 72.6 cm³/mol. The molecule has 0 atom stereocenters. The summed E-state index contributed by atoms with van der Waals surface area (Å²) in [4.78, 5) is 4.20.